The molecular formula is C23H27N3O. The molecule has 1 atom stereocenters. The number of carbonyl (C=O) groups is 1. The molecule has 140 valence electrons. The van der Waals surface area contributed by atoms with Crippen LogP contribution >= 0.6 is 0 Å². The average Bonchev–Trinajstić information content (AvgIpc) is 3.17. The van der Waals surface area contributed by atoms with Crippen LogP contribution in [0, 0.1) is 12.8 Å². The van der Waals surface area contributed by atoms with E-state index < -0.39 is 0 Å². The molecule has 0 spiro atoms. The number of aryl methyl sites for hydroxylation is 1. The van der Waals surface area contributed by atoms with E-state index >= 15 is 0 Å². The van der Waals surface area contributed by atoms with Crippen LogP contribution in [0.3, 0.4) is 0 Å². The second-order valence-electron chi connectivity index (χ2n) is 7.73. The Bertz CT molecular complexity index is 945. The molecular weight excluding hydrogens is 334 g/mol. The maximum Gasteiger partial charge on any atom is 0.224 e. The maximum absolute atomic E-state index is 12.6. The third-order valence-electron chi connectivity index (χ3n) is 5.49. The zero-order chi connectivity index (χ0) is 18.8. The van der Waals surface area contributed by atoms with Crippen molar-refractivity contribution >= 4 is 16.9 Å². The molecule has 2 aromatic carbocycles. The Morgan fingerprint density at radius 3 is 2.74 bits per heavy atom. The molecule has 4 heteroatoms. The number of aromatic nitrogens is 2. The highest BCUT2D eigenvalue weighted by Crippen LogP contribution is 2.26. The molecule has 1 aliphatic rings. The van der Waals surface area contributed by atoms with Gasteiger partial charge in [0.15, 0.2) is 0 Å². The summed E-state index contributed by atoms with van der Waals surface area (Å²) in [6, 6.07) is 16.8. The Morgan fingerprint density at radius 2 is 1.96 bits per heavy atom. The third-order valence-corrected chi connectivity index (χ3v) is 5.49. The predicted octanol–water partition coefficient (Wildman–Crippen LogP) is 4.54. The van der Waals surface area contributed by atoms with Gasteiger partial charge in [0, 0.05) is 19.4 Å². The van der Waals surface area contributed by atoms with Crippen LogP contribution in [0.5, 0.6) is 0 Å². The van der Waals surface area contributed by atoms with Crippen LogP contribution in [-0.4, -0.2) is 26.9 Å². The Hall–Kier alpha value is -2.62. The number of carbonyl (C=O) groups excluding carboxylic acids is 1. The second-order valence-corrected chi connectivity index (χ2v) is 7.73. The van der Waals surface area contributed by atoms with Crippen molar-refractivity contribution in [3.63, 3.8) is 0 Å². The highest BCUT2D eigenvalue weighted by Gasteiger charge is 2.29. The summed E-state index contributed by atoms with van der Waals surface area (Å²) in [4.78, 5) is 19.5. The van der Waals surface area contributed by atoms with E-state index in [1.165, 1.54) is 11.1 Å². The number of fused-ring (bicyclic) bond motifs is 1. The minimum absolute atomic E-state index is 0.272. The predicted molar refractivity (Wildman–Crippen MR) is 108 cm³/mol. The molecule has 4 nitrogen and oxygen atoms in total. The fourth-order valence-electron chi connectivity index (χ4n) is 4.12. The van der Waals surface area contributed by atoms with E-state index in [9.17, 15) is 4.79 Å². The smallest absolute Gasteiger partial charge is 0.224 e. The topological polar surface area (TPSA) is 38.1 Å². The highest BCUT2D eigenvalue weighted by atomic mass is 16.2. The lowest BCUT2D eigenvalue weighted by Gasteiger charge is -2.20. The first-order valence-electron chi connectivity index (χ1n) is 9.91. The van der Waals surface area contributed by atoms with Gasteiger partial charge in [0.25, 0.3) is 0 Å². The molecule has 1 aliphatic heterocycles. The van der Waals surface area contributed by atoms with Crippen molar-refractivity contribution in [2.45, 2.75) is 46.2 Å². The number of likely N-dealkylation sites (tertiary alicyclic amines) is 1. The molecule has 0 bridgehead atoms. The standard InChI is InChI=1S/C23H27N3O/c1-3-7-19-14-23(27)25(15-19)16-26-21-12-17(2)10-11-20(21)24-22(26)13-18-8-5-4-6-9-18/h4-6,8-12,19H,3,7,13-16H2,1-2H3. The molecule has 1 amide bonds. The van der Waals surface area contributed by atoms with Crippen LogP contribution in [0.2, 0.25) is 0 Å². The number of amides is 1. The SMILES string of the molecule is CCCC1CC(=O)N(Cn2c(Cc3ccccc3)nc3ccc(C)cc32)C1. The molecule has 1 aromatic heterocycles. The van der Waals surface area contributed by atoms with Gasteiger partial charge < -0.3 is 9.47 Å². The van der Waals surface area contributed by atoms with Crippen molar-refractivity contribution in [3.8, 4) is 0 Å². The maximum atomic E-state index is 12.6. The van der Waals surface area contributed by atoms with Gasteiger partial charge in [0.05, 0.1) is 17.7 Å². The summed E-state index contributed by atoms with van der Waals surface area (Å²) in [7, 11) is 0. The fraction of sp³-hybridized carbons (Fsp3) is 0.391. The minimum atomic E-state index is 0.272. The van der Waals surface area contributed by atoms with Crippen molar-refractivity contribution < 1.29 is 4.79 Å². The van der Waals surface area contributed by atoms with E-state index in [1.807, 2.05) is 11.0 Å². The number of rotatable bonds is 6. The lowest BCUT2D eigenvalue weighted by Crippen LogP contribution is -2.28. The first-order valence-corrected chi connectivity index (χ1v) is 9.91. The molecule has 27 heavy (non-hydrogen) atoms. The summed E-state index contributed by atoms with van der Waals surface area (Å²) >= 11 is 0. The number of hydrogen-bond donors (Lipinski definition) is 0. The minimum Gasteiger partial charge on any atom is -0.324 e. The van der Waals surface area contributed by atoms with Gasteiger partial charge in [0.1, 0.15) is 5.82 Å². The Morgan fingerprint density at radius 1 is 1.15 bits per heavy atom. The third kappa shape index (κ3) is 3.75. The van der Waals surface area contributed by atoms with E-state index in [0.29, 0.717) is 19.0 Å². The van der Waals surface area contributed by atoms with E-state index in [4.69, 9.17) is 4.98 Å². The number of hydrogen-bond acceptors (Lipinski definition) is 2. The normalized spacial score (nSPS) is 17.2. The lowest BCUT2D eigenvalue weighted by atomic mass is 10.0. The van der Waals surface area contributed by atoms with E-state index in [-0.39, 0.29) is 5.91 Å². The van der Waals surface area contributed by atoms with E-state index in [1.54, 1.807) is 0 Å². The van der Waals surface area contributed by atoms with E-state index in [0.717, 1.165) is 42.7 Å². The quantitative estimate of drug-likeness (QED) is 0.646. The fourth-order valence-corrected chi connectivity index (χ4v) is 4.12. The summed E-state index contributed by atoms with van der Waals surface area (Å²) in [6.45, 7) is 5.76. The number of benzene rings is 2. The molecule has 0 N–H and O–H groups in total. The summed E-state index contributed by atoms with van der Waals surface area (Å²) in [5.41, 5.74) is 4.57. The highest BCUT2D eigenvalue weighted by molar-refractivity contribution is 5.79. The summed E-state index contributed by atoms with van der Waals surface area (Å²) in [5.74, 6) is 1.79. The van der Waals surface area contributed by atoms with Gasteiger partial charge >= 0.3 is 0 Å². The molecule has 4 rings (SSSR count). The van der Waals surface area contributed by atoms with Gasteiger partial charge in [-0.05, 0) is 42.5 Å². The van der Waals surface area contributed by atoms with Crippen molar-refractivity contribution in [2.24, 2.45) is 5.92 Å². The monoisotopic (exact) mass is 361 g/mol. The Labute approximate surface area is 160 Å². The van der Waals surface area contributed by atoms with Gasteiger partial charge in [-0.25, -0.2) is 4.98 Å². The van der Waals surface area contributed by atoms with Crippen LogP contribution in [0.25, 0.3) is 11.0 Å². The second kappa shape index (κ2) is 7.55. The molecule has 0 saturated carbocycles. The Balaban J connectivity index is 1.68. The van der Waals surface area contributed by atoms with Crippen molar-refractivity contribution in [1.29, 1.82) is 0 Å². The largest absolute Gasteiger partial charge is 0.324 e. The van der Waals surface area contributed by atoms with Crippen LogP contribution < -0.4 is 0 Å². The number of nitrogens with zero attached hydrogens (tertiary/aromatic N) is 3. The van der Waals surface area contributed by atoms with E-state index in [2.05, 4.69) is 60.9 Å². The first-order chi connectivity index (χ1) is 13.1. The molecule has 0 radical (unpaired) electrons. The molecule has 3 aromatic rings. The first kappa shape index (κ1) is 17.8. The zero-order valence-corrected chi connectivity index (χ0v) is 16.2. The average molecular weight is 361 g/mol. The lowest BCUT2D eigenvalue weighted by molar-refractivity contribution is -0.129. The summed E-state index contributed by atoms with van der Waals surface area (Å²) in [6.07, 6.45) is 3.73. The van der Waals surface area contributed by atoms with Crippen LogP contribution in [-0.2, 0) is 17.9 Å². The van der Waals surface area contributed by atoms with Crippen LogP contribution in [0.1, 0.15) is 43.1 Å². The zero-order valence-electron chi connectivity index (χ0n) is 16.2. The van der Waals surface area contributed by atoms with Gasteiger partial charge in [0.2, 0.25) is 5.91 Å². The molecule has 0 aliphatic carbocycles. The number of imidazole rings is 1. The molecule has 1 unspecified atom stereocenters. The molecule has 2 heterocycles. The van der Waals surface area contributed by atoms with Crippen LogP contribution in [0.4, 0.5) is 0 Å². The van der Waals surface area contributed by atoms with Gasteiger partial charge in [-0.1, -0.05) is 49.7 Å². The van der Waals surface area contributed by atoms with Crippen molar-refractivity contribution in [3.05, 3.63) is 65.5 Å². The molecule has 1 saturated heterocycles. The summed E-state index contributed by atoms with van der Waals surface area (Å²) in [5, 5.41) is 0. The van der Waals surface area contributed by atoms with Gasteiger partial charge in [-0.3, -0.25) is 4.79 Å². The Kier molecular flexibility index (Phi) is 4.97. The van der Waals surface area contributed by atoms with Crippen molar-refractivity contribution in [2.75, 3.05) is 6.54 Å². The van der Waals surface area contributed by atoms with Gasteiger partial charge in [-0.2, -0.15) is 0 Å². The van der Waals surface area contributed by atoms with Gasteiger partial charge in [-0.15, -0.1) is 0 Å². The van der Waals surface area contributed by atoms with Crippen molar-refractivity contribution in [1.82, 2.24) is 14.5 Å². The molecule has 1 fully saturated rings. The van der Waals surface area contributed by atoms with Crippen LogP contribution in [0.15, 0.2) is 48.5 Å². The summed E-state index contributed by atoms with van der Waals surface area (Å²) < 4.78 is 2.24.